The van der Waals surface area contributed by atoms with Gasteiger partial charge in [0, 0.05) is 35.8 Å². The van der Waals surface area contributed by atoms with Crippen LogP contribution in [0.1, 0.15) is 10.5 Å². The summed E-state index contributed by atoms with van der Waals surface area (Å²) < 4.78 is 1.43. The highest BCUT2D eigenvalue weighted by Crippen LogP contribution is 2.23. The van der Waals surface area contributed by atoms with Crippen LogP contribution >= 0.6 is 0 Å². The average Bonchev–Trinajstić information content (AvgIpc) is 3.20. The van der Waals surface area contributed by atoms with Gasteiger partial charge < -0.3 is 5.11 Å². The molecule has 0 aliphatic carbocycles. The summed E-state index contributed by atoms with van der Waals surface area (Å²) >= 11 is 0. The van der Waals surface area contributed by atoms with Crippen LogP contribution in [-0.2, 0) is 0 Å². The lowest BCUT2D eigenvalue weighted by Crippen LogP contribution is -2.05. The fraction of sp³-hybridized carbons (Fsp3) is 0. The smallest absolute Gasteiger partial charge is 0.356 e. The molecule has 3 aromatic heterocycles. The normalized spacial score (nSPS) is 10.6. The zero-order valence-corrected chi connectivity index (χ0v) is 13.5. The van der Waals surface area contributed by atoms with Gasteiger partial charge in [-0.1, -0.05) is 30.3 Å². The highest BCUT2D eigenvalue weighted by molar-refractivity contribution is 5.85. The van der Waals surface area contributed by atoms with Crippen molar-refractivity contribution in [3.8, 4) is 28.5 Å². The second-order valence-electron chi connectivity index (χ2n) is 5.49. The van der Waals surface area contributed by atoms with Gasteiger partial charge in [-0.25, -0.2) is 19.4 Å². The molecule has 7 nitrogen and oxygen atoms in total. The molecule has 0 atom stereocenters. The maximum absolute atomic E-state index is 11.1. The summed E-state index contributed by atoms with van der Waals surface area (Å²) in [7, 11) is 0. The Morgan fingerprint density at radius 3 is 2.46 bits per heavy atom. The number of aromatic nitrogens is 5. The van der Waals surface area contributed by atoms with Crippen LogP contribution in [0.2, 0.25) is 0 Å². The van der Waals surface area contributed by atoms with Gasteiger partial charge in [0.2, 0.25) is 0 Å². The molecule has 0 aliphatic rings. The molecule has 0 aliphatic heterocycles. The number of aromatic carboxylic acids is 1. The zero-order chi connectivity index (χ0) is 17.9. The molecule has 0 unspecified atom stereocenters. The molecule has 0 saturated heterocycles. The molecule has 1 aromatic carbocycles. The monoisotopic (exact) mass is 343 g/mol. The molecule has 126 valence electrons. The van der Waals surface area contributed by atoms with Gasteiger partial charge in [-0.05, 0) is 18.2 Å². The van der Waals surface area contributed by atoms with E-state index in [-0.39, 0.29) is 5.69 Å². The van der Waals surface area contributed by atoms with Crippen LogP contribution in [0.15, 0.2) is 73.2 Å². The molecule has 4 aromatic rings. The summed E-state index contributed by atoms with van der Waals surface area (Å²) in [6, 6.07) is 16.6. The van der Waals surface area contributed by atoms with E-state index in [2.05, 4.69) is 20.1 Å². The Bertz CT molecular complexity index is 1000. The van der Waals surface area contributed by atoms with Crippen molar-refractivity contribution in [2.45, 2.75) is 0 Å². The van der Waals surface area contributed by atoms with E-state index in [1.807, 2.05) is 42.5 Å². The minimum Gasteiger partial charge on any atom is -0.476 e. The van der Waals surface area contributed by atoms with Crippen molar-refractivity contribution in [1.29, 1.82) is 0 Å². The molecule has 0 fully saturated rings. The van der Waals surface area contributed by atoms with Crippen LogP contribution in [0.25, 0.3) is 28.5 Å². The summed E-state index contributed by atoms with van der Waals surface area (Å²) in [5, 5.41) is 13.2. The predicted octanol–water partition coefficient (Wildman–Crippen LogP) is 3.09. The van der Waals surface area contributed by atoms with Crippen molar-refractivity contribution in [3.05, 3.63) is 78.9 Å². The number of hydrogen-bond donors (Lipinski definition) is 1. The number of carboxylic acids is 1. The van der Waals surface area contributed by atoms with Crippen LogP contribution in [0, 0.1) is 0 Å². The van der Waals surface area contributed by atoms with Crippen molar-refractivity contribution in [2.24, 2.45) is 0 Å². The molecule has 0 bridgehead atoms. The lowest BCUT2D eigenvalue weighted by atomic mass is 10.1. The van der Waals surface area contributed by atoms with Gasteiger partial charge in [-0.15, -0.1) is 0 Å². The van der Waals surface area contributed by atoms with Gasteiger partial charge in [0.05, 0.1) is 5.69 Å². The van der Waals surface area contributed by atoms with Gasteiger partial charge in [0.15, 0.2) is 17.3 Å². The molecule has 7 heteroatoms. The van der Waals surface area contributed by atoms with Crippen molar-refractivity contribution in [3.63, 3.8) is 0 Å². The van der Waals surface area contributed by atoms with E-state index in [0.717, 1.165) is 11.1 Å². The summed E-state index contributed by atoms with van der Waals surface area (Å²) in [5.41, 5.74) is 2.35. The number of carbonyl (C=O) groups is 1. The van der Waals surface area contributed by atoms with E-state index in [1.54, 1.807) is 24.7 Å². The van der Waals surface area contributed by atoms with E-state index < -0.39 is 5.97 Å². The lowest BCUT2D eigenvalue weighted by Gasteiger charge is -2.08. The Morgan fingerprint density at radius 2 is 1.77 bits per heavy atom. The first-order valence-corrected chi connectivity index (χ1v) is 7.85. The van der Waals surface area contributed by atoms with Gasteiger partial charge in [-0.3, -0.25) is 4.98 Å². The number of benzene rings is 1. The van der Waals surface area contributed by atoms with Gasteiger partial charge in [0.25, 0.3) is 0 Å². The quantitative estimate of drug-likeness (QED) is 0.612. The Balaban J connectivity index is 1.89. The topological polar surface area (TPSA) is 93.8 Å². The standard InChI is InChI=1S/C19H13N5O2/c25-19(26)15-8-10-24(23-15)17-11-16(13-5-2-1-3-6-13)21-18(22-17)14-7-4-9-20-12-14/h1-12H,(H,25,26). The van der Waals surface area contributed by atoms with Gasteiger partial charge in [-0.2, -0.15) is 5.10 Å². The largest absolute Gasteiger partial charge is 0.476 e. The maximum atomic E-state index is 11.1. The summed E-state index contributed by atoms with van der Waals surface area (Å²) in [5.74, 6) is -0.124. The molecule has 26 heavy (non-hydrogen) atoms. The van der Waals surface area contributed by atoms with Crippen LogP contribution in [-0.4, -0.2) is 35.8 Å². The second-order valence-corrected chi connectivity index (χ2v) is 5.49. The number of pyridine rings is 1. The predicted molar refractivity (Wildman–Crippen MR) is 94.8 cm³/mol. The van der Waals surface area contributed by atoms with E-state index in [0.29, 0.717) is 17.3 Å². The molecule has 0 amide bonds. The minimum absolute atomic E-state index is 0.0483. The molecule has 0 saturated carbocycles. The third-order valence-electron chi connectivity index (χ3n) is 3.74. The first-order valence-electron chi connectivity index (χ1n) is 7.85. The first kappa shape index (κ1) is 15.6. The molecular formula is C19H13N5O2. The van der Waals surface area contributed by atoms with Gasteiger partial charge >= 0.3 is 5.97 Å². The van der Waals surface area contributed by atoms with E-state index in [1.165, 1.54) is 10.7 Å². The van der Waals surface area contributed by atoms with Crippen LogP contribution in [0.4, 0.5) is 0 Å². The summed E-state index contributed by atoms with van der Waals surface area (Å²) in [6.07, 6.45) is 4.92. The first-order chi connectivity index (χ1) is 12.7. The van der Waals surface area contributed by atoms with Crippen molar-refractivity contribution < 1.29 is 9.90 Å². The van der Waals surface area contributed by atoms with Crippen LogP contribution < -0.4 is 0 Å². The molecule has 3 heterocycles. The zero-order valence-electron chi connectivity index (χ0n) is 13.5. The number of nitrogens with zero attached hydrogens (tertiary/aromatic N) is 5. The van der Waals surface area contributed by atoms with Crippen molar-refractivity contribution in [2.75, 3.05) is 0 Å². The molecular weight excluding hydrogens is 330 g/mol. The Kier molecular flexibility index (Phi) is 3.95. The van der Waals surface area contributed by atoms with Crippen molar-refractivity contribution >= 4 is 5.97 Å². The number of hydrogen-bond acceptors (Lipinski definition) is 5. The van der Waals surface area contributed by atoms with Crippen LogP contribution in [0.3, 0.4) is 0 Å². The van der Waals surface area contributed by atoms with Crippen molar-refractivity contribution in [1.82, 2.24) is 24.7 Å². The Hall–Kier alpha value is -3.87. The van der Waals surface area contributed by atoms with E-state index >= 15 is 0 Å². The van der Waals surface area contributed by atoms with Gasteiger partial charge in [0.1, 0.15) is 0 Å². The SMILES string of the molecule is O=C(O)c1ccn(-c2cc(-c3ccccc3)nc(-c3cccnc3)n2)n1. The average molecular weight is 343 g/mol. The minimum atomic E-state index is -1.09. The molecule has 0 spiro atoms. The third-order valence-corrected chi connectivity index (χ3v) is 3.74. The molecule has 4 rings (SSSR count). The fourth-order valence-corrected chi connectivity index (χ4v) is 2.50. The lowest BCUT2D eigenvalue weighted by molar-refractivity contribution is 0.0690. The number of carboxylic acid groups (broad SMARTS) is 1. The third kappa shape index (κ3) is 3.05. The second kappa shape index (κ2) is 6.56. The fourth-order valence-electron chi connectivity index (χ4n) is 2.50. The molecule has 0 radical (unpaired) electrons. The maximum Gasteiger partial charge on any atom is 0.356 e. The summed E-state index contributed by atoms with van der Waals surface area (Å²) in [6.45, 7) is 0. The Morgan fingerprint density at radius 1 is 0.962 bits per heavy atom. The number of rotatable bonds is 4. The Labute approximate surface area is 148 Å². The van der Waals surface area contributed by atoms with E-state index in [9.17, 15) is 4.79 Å². The molecule has 1 N–H and O–H groups in total. The van der Waals surface area contributed by atoms with E-state index in [4.69, 9.17) is 5.11 Å². The van der Waals surface area contributed by atoms with Crippen LogP contribution in [0.5, 0.6) is 0 Å². The highest BCUT2D eigenvalue weighted by Gasteiger charge is 2.13. The highest BCUT2D eigenvalue weighted by atomic mass is 16.4. The summed E-state index contributed by atoms with van der Waals surface area (Å²) in [4.78, 5) is 24.4.